The molecule has 0 aliphatic carbocycles. The Morgan fingerprint density at radius 3 is 2.73 bits per heavy atom. The van der Waals surface area contributed by atoms with Gasteiger partial charge < -0.3 is 5.32 Å². The van der Waals surface area contributed by atoms with E-state index < -0.39 is 5.91 Å². The van der Waals surface area contributed by atoms with Gasteiger partial charge in [0.05, 0.1) is 17.5 Å². The molecule has 8 heteroatoms. The molecule has 2 N–H and O–H groups in total. The van der Waals surface area contributed by atoms with Crippen LogP contribution in [0.1, 0.15) is 11.1 Å². The number of hydrogen-bond donors (Lipinski definition) is 2. The Bertz CT molecular complexity index is 1070. The fraction of sp³-hybridized carbons (Fsp3) is 0. The second-order valence-corrected chi connectivity index (χ2v) is 6.94. The van der Waals surface area contributed by atoms with Crippen LogP contribution < -0.4 is 5.32 Å². The molecule has 0 bridgehead atoms. The van der Waals surface area contributed by atoms with Crippen LogP contribution in [0.3, 0.4) is 0 Å². The fourth-order valence-electron chi connectivity index (χ4n) is 2.22. The predicted molar refractivity (Wildman–Crippen MR) is 103 cm³/mol. The van der Waals surface area contributed by atoms with Crippen molar-refractivity contribution in [1.82, 2.24) is 10.2 Å². The van der Waals surface area contributed by atoms with Gasteiger partial charge in [-0.25, -0.2) is 0 Å². The van der Waals surface area contributed by atoms with Crippen LogP contribution in [-0.2, 0) is 4.79 Å². The number of nitrogens with zero attached hydrogens (tertiary/aromatic N) is 3. The molecule has 26 heavy (non-hydrogen) atoms. The zero-order chi connectivity index (χ0) is 18.5. The third-order valence-electron chi connectivity index (χ3n) is 3.48. The molecule has 0 saturated carbocycles. The van der Waals surface area contributed by atoms with Crippen LogP contribution in [0.5, 0.6) is 0 Å². The lowest BCUT2D eigenvalue weighted by Gasteiger charge is -2.03. The summed E-state index contributed by atoms with van der Waals surface area (Å²) >= 11 is 4.61. The summed E-state index contributed by atoms with van der Waals surface area (Å²) in [6.45, 7) is 0. The molecule has 3 rings (SSSR count). The number of benzene rings is 1. The van der Waals surface area contributed by atoms with Gasteiger partial charge in [-0.1, -0.05) is 28.1 Å². The maximum absolute atomic E-state index is 12.4. The highest BCUT2D eigenvalue weighted by atomic mass is 79.9. The molecule has 6 nitrogen and oxygen atoms in total. The largest absolute Gasteiger partial charge is 0.312 e. The van der Waals surface area contributed by atoms with Gasteiger partial charge in [0.2, 0.25) is 0 Å². The van der Waals surface area contributed by atoms with E-state index in [9.17, 15) is 10.1 Å². The van der Waals surface area contributed by atoms with Gasteiger partial charge in [0.1, 0.15) is 22.7 Å². The summed E-state index contributed by atoms with van der Waals surface area (Å²) in [4.78, 5) is 12.4. The molecule has 0 saturated heterocycles. The van der Waals surface area contributed by atoms with E-state index in [0.717, 1.165) is 10.0 Å². The van der Waals surface area contributed by atoms with Crippen molar-refractivity contribution in [2.75, 3.05) is 5.32 Å². The quantitative estimate of drug-likeness (QED) is 0.481. The van der Waals surface area contributed by atoms with Crippen LogP contribution in [0, 0.1) is 22.7 Å². The summed E-state index contributed by atoms with van der Waals surface area (Å²) in [6, 6.07) is 13.1. The average molecular weight is 424 g/mol. The molecule has 2 heterocycles. The molecule has 0 spiro atoms. The first-order chi connectivity index (χ1) is 12.6. The van der Waals surface area contributed by atoms with E-state index >= 15 is 0 Å². The third kappa shape index (κ3) is 3.72. The standard InChI is InChI=1S/C18H10BrN5OS/c19-15-3-1-11(2-4-15)16-14(10-22-24-16)7-13(9-21)17(25)23-18-12(8-20)5-6-26-18/h1-7,10H,(H,22,24)(H,23,25)/b13-7+. The molecular weight excluding hydrogens is 414 g/mol. The number of aromatic nitrogens is 2. The van der Waals surface area contributed by atoms with Gasteiger partial charge in [-0.3, -0.25) is 9.89 Å². The zero-order valence-corrected chi connectivity index (χ0v) is 15.6. The number of carbonyl (C=O) groups is 1. The number of rotatable bonds is 4. The lowest BCUT2D eigenvalue weighted by molar-refractivity contribution is -0.112. The van der Waals surface area contributed by atoms with Crippen LogP contribution in [-0.4, -0.2) is 16.1 Å². The number of nitriles is 2. The Labute approximate surface area is 161 Å². The van der Waals surface area contributed by atoms with Crippen LogP contribution >= 0.6 is 27.3 Å². The zero-order valence-electron chi connectivity index (χ0n) is 13.2. The average Bonchev–Trinajstić information content (AvgIpc) is 3.29. The van der Waals surface area contributed by atoms with Gasteiger partial charge >= 0.3 is 0 Å². The van der Waals surface area contributed by atoms with Crippen LogP contribution in [0.4, 0.5) is 5.00 Å². The number of carbonyl (C=O) groups excluding carboxylic acids is 1. The molecule has 0 radical (unpaired) electrons. The van der Waals surface area contributed by atoms with Crippen molar-refractivity contribution in [3.63, 3.8) is 0 Å². The van der Waals surface area contributed by atoms with Gasteiger partial charge in [0.25, 0.3) is 5.91 Å². The number of amides is 1. The lowest BCUT2D eigenvalue weighted by atomic mass is 10.1. The molecule has 0 unspecified atom stereocenters. The Balaban J connectivity index is 1.90. The van der Waals surface area contributed by atoms with Crippen molar-refractivity contribution in [3.05, 3.63) is 63.1 Å². The van der Waals surface area contributed by atoms with E-state index in [1.807, 2.05) is 36.4 Å². The third-order valence-corrected chi connectivity index (χ3v) is 4.84. The molecular formula is C18H10BrN5OS. The minimum Gasteiger partial charge on any atom is -0.312 e. The first-order valence-electron chi connectivity index (χ1n) is 7.32. The van der Waals surface area contributed by atoms with Crippen LogP contribution in [0.15, 0.2) is 52.0 Å². The van der Waals surface area contributed by atoms with Gasteiger partial charge in [0.15, 0.2) is 0 Å². The second-order valence-electron chi connectivity index (χ2n) is 5.11. The monoisotopic (exact) mass is 423 g/mol. The summed E-state index contributed by atoms with van der Waals surface area (Å²) in [5.74, 6) is -0.575. The minimum atomic E-state index is -0.575. The molecule has 126 valence electrons. The van der Waals surface area contributed by atoms with Crippen molar-refractivity contribution in [2.45, 2.75) is 0 Å². The smallest absolute Gasteiger partial charge is 0.266 e. The minimum absolute atomic E-state index is 0.0814. The first-order valence-corrected chi connectivity index (χ1v) is 8.99. The number of nitrogens with one attached hydrogen (secondary N) is 2. The van der Waals surface area contributed by atoms with Gasteiger partial charge in [-0.15, -0.1) is 11.3 Å². The van der Waals surface area contributed by atoms with Crippen molar-refractivity contribution in [3.8, 4) is 23.4 Å². The van der Waals surface area contributed by atoms with E-state index in [1.165, 1.54) is 17.4 Å². The number of H-pyrrole nitrogens is 1. The summed E-state index contributed by atoms with van der Waals surface area (Å²) in [5.41, 5.74) is 2.47. The van der Waals surface area contributed by atoms with E-state index in [0.29, 0.717) is 21.8 Å². The molecule has 1 amide bonds. The molecule has 2 aromatic heterocycles. The van der Waals surface area contributed by atoms with E-state index in [2.05, 4.69) is 31.4 Å². The molecule has 1 aromatic carbocycles. The van der Waals surface area contributed by atoms with E-state index in [1.54, 1.807) is 17.6 Å². The normalized spacial score (nSPS) is 10.8. The molecule has 0 atom stereocenters. The Morgan fingerprint density at radius 2 is 2.04 bits per heavy atom. The lowest BCUT2D eigenvalue weighted by Crippen LogP contribution is -2.13. The summed E-state index contributed by atoms with van der Waals surface area (Å²) < 4.78 is 0.944. The van der Waals surface area contributed by atoms with Crippen molar-refractivity contribution in [2.24, 2.45) is 0 Å². The van der Waals surface area contributed by atoms with Gasteiger partial charge in [-0.05, 0) is 29.7 Å². The van der Waals surface area contributed by atoms with Crippen molar-refractivity contribution >= 4 is 44.3 Å². The SMILES string of the molecule is N#C/C(=C\c1cn[nH]c1-c1ccc(Br)cc1)C(=O)Nc1sccc1C#N. The van der Waals surface area contributed by atoms with E-state index in [4.69, 9.17) is 5.26 Å². The van der Waals surface area contributed by atoms with Crippen LogP contribution in [0.2, 0.25) is 0 Å². The fourth-order valence-corrected chi connectivity index (χ4v) is 3.22. The maximum atomic E-state index is 12.4. The van der Waals surface area contributed by atoms with Gasteiger partial charge in [0, 0.05) is 15.6 Å². The number of halogens is 1. The Kier molecular flexibility index (Phi) is 5.28. The second kappa shape index (κ2) is 7.79. The Morgan fingerprint density at radius 1 is 1.27 bits per heavy atom. The number of anilines is 1. The van der Waals surface area contributed by atoms with E-state index in [-0.39, 0.29) is 5.57 Å². The maximum Gasteiger partial charge on any atom is 0.266 e. The molecule has 3 aromatic rings. The topological polar surface area (TPSA) is 105 Å². The van der Waals surface area contributed by atoms with Crippen molar-refractivity contribution < 1.29 is 4.79 Å². The highest BCUT2D eigenvalue weighted by Gasteiger charge is 2.15. The summed E-state index contributed by atoms with van der Waals surface area (Å²) in [6.07, 6.45) is 3.02. The summed E-state index contributed by atoms with van der Waals surface area (Å²) in [7, 11) is 0. The Hall–Kier alpha value is -3.20. The first kappa shape index (κ1) is 17.6. The number of thiophene rings is 1. The van der Waals surface area contributed by atoms with Gasteiger partial charge in [-0.2, -0.15) is 15.6 Å². The van der Waals surface area contributed by atoms with Crippen LogP contribution in [0.25, 0.3) is 17.3 Å². The summed E-state index contributed by atoms with van der Waals surface area (Å²) in [5, 5.41) is 30.0. The highest BCUT2D eigenvalue weighted by molar-refractivity contribution is 9.10. The predicted octanol–water partition coefficient (Wildman–Crippen LogP) is 4.32. The highest BCUT2D eigenvalue weighted by Crippen LogP contribution is 2.26. The number of aromatic amines is 1. The molecule has 0 fully saturated rings. The molecule has 0 aliphatic rings. The number of hydrogen-bond acceptors (Lipinski definition) is 5. The van der Waals surface area contributed by atoms with Crippen molar-refractivity contribution in [1.29, 1.82) is 10.5 Å². The molecule has 0 aliphatic heterocycles.